The summed E-state index contributed by atoms with van der Waals surface area (Å²) in [5.41, 5.74) is 0. The maximum absolute atomic E-state index is 8.36. The van der Waals surface area contributed by atoms with Gasteiger partial charge < -0.3 is 5.21 Å². The summed E-state index contributed by atoms with van der Waals surface area (Å²) in [7, 11) is 0. The van der Waals surface area contributed by atoms with Crippen LogP contribution in [0.25, 0.3) is 0 Å². The maximum atomic E-state index is 8.36. The molecule has 0 radical (unpaired) electrons. The van der Waals surface area contributed by atoms with Gasteiger partial charge in [0, 0.05) is 20.4 Å². The Kier molecular flexibility index (Phi) is 6.84. The fourth-order valence-corrected chi connectivity index (χ4v) is 0. The van der Waals surface area contributed by atoms with Crippen molar-refractivity contribution in [3.8, 4) is 0 Å². The molecule has 0 saturated carbocycles. The third-order valence-electron chi connectivity index (χ3n) is 0. The van der Waals surface area contributed by atoms with E-state index in [4.69, 9.17) is 15.3 Å². The molecule has 1 N–H and O–H groups in total. The second kappa shape index (κ2) is 3.86. The summed E-state index contributed by atoms with van der Waals surface area (Å²) in [6, 6.07) is 0. The van der Waals surface area contributed by atoms with Crippen LogP contribution in [0.2, 0.25) is 0 Å². The molecule has 0 aliphatic heterocycles. The predicted molar refractivity (Wildman–Crippen MR) is 8.78 cm³/mol. The Hall–Kier alpha value is -0.138. The van der Waals surface area contributed by atoms with Crippen LogP contribution in [0.1, 0.15) is 0 Å². The van der Waals surface area contributed by atoms with Crippen molar-refractivity contribution in [1.82, 2.24) is 0 Å². The van der Waals surface area contributed by atoms with Gasteiger partial charge in [-0.3, -0.25) is 0 Å². The van der Waals surface area contributed by atoms with Crippen LogP contribution in [0.15, 0.2) is 0 Å². The molecular weight excluding hydrogens is 168 g/mol. The number of hydrogen-bond acceptors (Lipinski definition) is 2. The number of hydrogen-bond donors (Lipinski definition) is 1. The van der Waals surface area contributed by atoms with Crippen LogP contribution in [-0.4, -0.2) is 10.3 Å². The van der Waals surface area contributed by atoms with Gasteiger partial charge in [-0.05, 0) is 0 Å². The van der Waals surface area contributed by atoms with Crippen molar-refractivity contribution >= 4 is 0 Å². The molecule has 0 aliphatic rings. The molecule has 34 valence electrons. The van der Waals surface area contributed by atoms with Crippen LogP contribution in [0.4, 0.5) is 0 Å². The van der Waals surface area contributed by atoms with E-state index in [0.717, 1.165) is 0 Å². The molecule has 0 unspecified atom stereocenters. The molecule has 0 atom stereocenters. The summed E-state index contributed by atoms with van der Waals surface area (Å²) < 4.78 is 0. The van der Waals surface area contributed by atoms with Gasteiger partial charge in [0.1, 0.15) is 0 Å². The zero-order chi connectivity index (χ0) is 3.58. The topological polar surface area (TPSA) is 63.4 Å². The van der Waals surface area contributed by atoms with Crippen molar-refractivity contribution in [2.75, 3.05) is 0 Å². The van der Waals surface area contributed by atoms with Gasteiger partial charge in [-0.2, -0.15) is 0 Å². The molecule has 0 amide bonds. The molecule has 5 heavy (non-hydrogen) atoms. The smallest absolute Gasteiger partial charge is 0.291 e. The average Bonchev–Trinajstić information content (AvgIpc) is 0.811. The van der Waals surface area contributed by atoms with Crippen molar-refractivity contribution in [2.24, 2.45) is 0 Å². The third-order valence-corrected chi connectivity index (χ3v) is 0. The Morgan fingerprint density at radius 2 is 1.80 bits per heavy atom. The first kappa shape index (κ1) is 8.85. The van der Waals surface area contributed by atoms with E-state index in [1.54, 1.807) is 0 Å². The van der Waals surface area contributed by atoms with E-state index in [1.165, 1.54) is 0 Å². The van der Waals surface area contributed by atoms with Crippen molar-refractivity contribution in [1.29, 1.82) is 0 Å². The molecule has 0 spiro atoms. The second-order valence-corrected chi connectivity index (χ2v) is 0.238. The summed E-state index contributed by atoms with van der Waals surface area (Å²) in [6.45, 7) is 0. The van der Waals surface area contributed by atoms with Gasteiger partial charge >= 0.3 is 0 Å². The Morgan fingerprint density at radius 3 is 1.80 bits per heavy atom. The van der Waals surface area contributed by atoms with E-state index in [9.17, 15) is 0 Å². The molecule has 4 nitrogen and oxygen atoms in total. The van der Waals surface area contributed by atoms with Crippen LogP contribution in [0.5, 0.6) is 0 Å². The van der Waals surface area contributed by atoms with Crippen molar-refractivity contribution < 1.29 is 30.7 Å². The Morgan fingerprint density at radius 1 is 1.80 bits per heavy atom. The zero-order valence-corrected chi connectivity index (χ0v) is 3.58. The van der Waals surface area contributed by atoms with E-state index in [-0.39, 0.29) is 20.4 Å². The van der Waals surface area contributed by atoms with E-state index in [0.29, 0.717) is 0 Å². The fourth-order valence-electron chi connectivity index (χ4n) is 0. The summed E-state index contributed by atoms with van der Waals surface area (Å²) in [4.78, 5) is 8.36. The van der Waals surface area contributed by atoms with Gasteiger partial charge in [0.2, 0.25) is 0 Å². The predicted octanol–water partition coefficient (Wildman–Crippen LogP) is -0.350. The van der Waals surface area contributed by atoms with E-state index >= 15 is 0 Å². The average molecular weight is 169 g/mol. The van der Waals surface area contributed by atoms with Crippen molar-refractivity contribution in [3.63, 3.8) is 0 Å². The largest absolute Gasteiger partial charge is 0.328 e. The fraction of sp³-hybridized carbons (Fsp3) is 0. The van der Waals surface area contributed by atoms with Gasteiger partial charge in [0.25, 0.3) is 5.09 Å². The first-order chi connectivity index (χ1) is 1.73. The van der Waals surface area contributed by atoms with Crippen LogP contribution in [-0.2, 0) is 20.4 Å². The molecule has 0 fully saturated rings. The molecule has 0 heterocycles. The van der Waals surface area contributed by atoms with Crippen LogP contribution in [0.3, 0.4) is 0 Å². The van der Waals surface area contributed by atoms with Gasteiger partial charge in [-0.1, -0.05) is 0 Å². The monoisotopic (exact) mass is 169 g/mol. The minimum absolute atomic E-state index is 0. The Balaban J connectivity index is 0. The minimum atomic E-state index is -1.50. The van der Waals surface area contributed by atoms with Gasteiger partial charge in [0.15, 0.2) is 0 Å². The van der Waals surface area contributed by atoms with Gasteiger partial charge in [-0.15, -0.1) is 10.1 Å². The molecule has 0 bridgehead atoms. The second-order valence-electron chi connectivity index (χ2n) is 0.238. The molecule has 0 aromatic heterocycles. The quantitative estimate of drug-likeness (QED) is 0.306. The van der Waals surface area contributed by atoms with Crippen LogP contribution in [0, 0.1) is 10.1 Å². The molecule has 0 aliphatic carbocycles. The maximum Gasteiger partial charge on any atom is 0.291 e. The summed E-state index contributed by atoms with van der Waals surface area (Å²) >= 11 is 0. The molecule has 0 saturated heterocycles. The minimum Gasteiger partial charge on any atom is -0.328 e. The number of nitrogens with zero attached hydrogens (tertiary/aromatic N) is 1. The summed E-state index contributed by atoms with van der Waals surface area (Å²) in [6.07, 6.45) is 0. The molecule has 0 aromatic carbocycles. The zero-order valence-electron chi connectivity index (χ0n) is 2.03. The van der Waals surface area contributed by atoms with Crippen LogP contribution >= 0.6 is 0 Å². The summed E-state index contributed by atoms with van der Waals surface area (Å²) in [5, 5.41) is 13.6. The standard InChI is InChI=1S/HNO3.Pd/c2-1(3)4;/h(H,2,3,4);. The SMILES string of the molecule is O=[N+]([O-])O.[Pd]. The molecule has 0 rings (SSSR count). The van der Waals surface area contributed by atoms with E-state index < -0.39 is 5.09 Å². The first-order valence-electron chi connectivity index (χ1n) is 0.565. The molecular formula is HNO3Pd. The first-order valence-corrected chi connectivity index (χ1v) is 0.565. The van der Waals surface area contributed by atoms with Gasteiger partial charge in [0.05, 0.1) is 0 Å². The van der Waals surface area contributed by atoms with Crippen molar-refractivity contribution in [2.45, 2.75) is 0 Å². The number of rotatable bonds is 0. The normalized spacial score (nSPS) is 4.80. The Labute approximate surface area is 41.6 Å². The van der Waals surface area contributed by atoms with E-state index in [1.807, 2.05) is 0 Å². The Bertz CT molecular complexity index is 29.9. The van der Waals surface area contributed by atoms with Crippen molar-refractivity contribution in [3.05, 3.63) is 10.1 Å². The molecule has 5 heteroatoms. The third kappa shape index (κ3) is 707. The van der Waals surface area contributed by atoms with E-state index in [2.05, 4.69) is 0 Å². The molecule has 0 aromatic rings. The summed E-state index contributed by atoms with van der Waals surface area (Å²) in [5.74, 6) is 0. The van der Waals surface area contributed by atoms with Crippen LogP contribution < -0.4 is 0 Å². The van der Waals surface area contributed by atoms with Gasteiger partial charge in [-0.25, -0.2) is 0 Å².